The van der Waals surface area contributed by atoms with Crippen LogP contribution in [-0.4, -0.2) is 51.9 Å². The van der Waals surface area contributed by atoms with Crippen molar-refractivity contribution < 1.29 is 28.7 Å². The predicted octanol–water partition coefficient (Wildman–Crippen LogP) is 0.584. The van der Waals surface area contributed by atoms with E-state index >= 15 is 0 Å². The number of nitrogens with one attached hydrogen (secondary N) is 2. The monoisotopic (exact) mass is 399 g/mol. The average molecular weight is 399 g/mol. The minimum absolute atomic E-state index is 0.317. The number of hydrogen-bond acceptors (Lipinski definition) is 5. The van der Waals surface area contributed by atoms with E-state index in [1.807, 2.05) is 36.4 Å². The molecule has 0 aromatic heterocycles. The third-order valence-electron chi connectivity index (χ3n) is 4.80. The Bertz CT molecular complexity index is 816. The van der Waals surface area contributed by atoms with Crippen LogP contribution in [0.15, 0.2) is 48.5 Å². The molecule has 2 aromatic carbocycles. The second-order valence-electron chi connectivity index (χ2n) is 6.94. The van der Waals surface area contributed by atoms with E-state index in [0.29, 0.717) is 12.1 Å². The van der Waals surface area contributed by atoms with Crippen molar-refractivity contribution in [1.29, 1.82) is 0 Å². The third kappa shape index (κ3) is 6.58. The summed E-state index contributed by atoms with van der Waals surface area (Å²) < 4.78 is 15.6. The average Bonchev–Trinajstić information content (AvgIpc) is 2.77. The molecule has 3 rings (SSSR count). The van der Waals surface area contributed by atoms with Gasteiger partial charge in [-0.3, -0.25) is 4.79 Å². The molecule has 7 heteroatoms. The van der Waals surface area contributed by atoms with Crippen LogP contribution in [-0.2, 0) is 27.4 Å². The van der Waals surface area contributed by atoms with Crippen LogP contribution in [0, 0.1) is 0 Å². The van der Waals surface area contributed by atoms with E-state index in [9.17, 15) is 9.59 Å². The summed E-state index contributed by atoms with van der Waals surface area (Å²) >= 11 is 0. The fraction of sp³-hybridized carbons (Fsp3) is 0.364. The molecule has 1 heterocycles. The van der Waals surface area contributed by atoms with Gasteiger partial charge in [0.2, 0.25) is 0 Å². The Kier molecular flexibility index (Phi) is 7.61. The number of rotatable bonds is 8. The minimum atomic E-state index is -0.508. The maximum Gasteiger partial charge on any atom is 0.338 e. The molecule has 2 N–H and O–H groups in total. The molecule has 0 radical (unpaired) electrons. The molecule has 29 heavy (non-hydrogen) atoms. The quantitative estimate of drug-likeness (QED) is 0.635. The number of ether oxygens (including phenoxy) is 3. The van der Waals surface area contributed by atoms with Crippen LogP contribution < -0.4 is 15.0 Å². The van der Waals surface area contributed by atoms with E-state index in [4.69, 9.17) is 14.2 Å². The Morgan fingerprint density at radius 3 is 2.55 bits per heavy atom. The normalized spacial score (nSPS) is 14.2. The van der Waals surface area contributed by atoms with E-state index in [1.165, 1.54) is 4.90 Å². The van der Waals surface area contributed by atoms with Crippen LogP contribution in [0.3, 0.4) is 0 Å². The topological polar surface area (TPSA) is 78.3 Å². The van der Waals surface area contributed by atoms with Crippen molar-refractivity contribution in [2.75, 3.05) is 40.0 Å². The summed E-state index contributed by atoms with van der Waals surface area (Å²) in [6.45, 7) is 4.50. The van der Waals surface area contributed by atoms with Gasteiger partial charge < -0.3 is 24.4 Å². The smallest absolute Gasteiger partial charge is 0.338 e. The number of amides is 1. The zero-order chi connectivity index (χ0) is 20.5. The number of quaternary nitrogens is 1. The van der Waals surface area contributed by atoms with Crippen molar-refractivity contribution >= 4 is 11.9 Å². The zero-order valence-electron chi connectivity index (χ0n) is 16.6. The van der Waals surface area contributed by atoms with Gasteiger partial charge in [-0.05, 0) is 29.8 Å². The molecule has 0 bridgehead atoms. The molecule has 0 aliphatic carbocycles. The maximum absolute atomic E-state index is 12.2. The Balaban J connectivity index is 1.41. The molecule has 1 aliphatic rings. The highest BCUT2D eigenvalue weighted by molar-refractivity contribution is 5.91. The molecule has 7 nitrogen and oxygen atoms in total. The summed E-state index contributed by atoms with van der Waals surface area (Å²) in [4.78, 5) is 25.6. The molecule has 1 fully saturated rings. The Hall–Kier alpha value is -2.90. The lowest BCUT2D eigenvalue weighted by molar-refractivity contribution is -0.921. The van der Waals surface area contributed by atoms with E-state index < -0.39 is 5.97 Å². The highest BCUT2D eigenvalue weighted by Gasteiger charge is 2.15. The molecule has 0 saturated carbocycles. The third-order valence-corrected chi connectivity index (χ3v) is 4.80. The number of methoxy groups -OCH3 is 1. The van der Waals surface area contributed by atoms with Gasteiger partial charge in [-0.1, -0.05) is 24.3 Å². The highest BCUT2D eigenvalue weighted by Crippen LogP contribution is 2.12. The first-order valence-electron chi connectivity index (χ1n) is 9.71. The fourth-order valence-corrected chi connectivity index (χ4v) is 3.13. The first-order valence-corrected chi connectivity index (χ1v) is 9.71. The van der Waals surface area contributed by atoms with Crippen molar-refractivity contribution in [2.45, 2.75) is 13.1 Å². The molecule has 2 aromatic rings. The molecular weight excluding hydrogens is 372 g/mol. The number of carbonyl (C=O) groups excluding carboxylic acids is 2. The van der Waals surface area contributed by atoms with Crippen molar-refractivity contribution in [2.24, 2.45) is 0 Å². The van der Waals surface area contributed by atoms with Gasteiger partial charge in [0.05, 0.1) is 25.9 Å². The predicted molar refractivity (Wildman–Crippen MR) is 107 cm³/mol. The number of benzene rings is 2. The van der Waals surface area contributed by atoms with E-state index in [-0.39, 0.29) is 12.5 Å². The van der Waals surface area contributed by atoms with Gasteiger partial charge in [-0.2, -0.15) is 0 Å². The molecular formula is C22H27N2O5+. The first kappa shape index (κ1) is 20.8. The zero-order valence-corrected chi connectivity index (χ0v) is 16.6. The van der Waals surface area contributed by atoms with Crippen LogP contribution in [0.1, 0.15) is 21.5 Å². The molecule has 154 valence electrons. The standard InChI is InChI=1S/C22H26N2O5/c1-27-20-4-2-3-18(13-20)14-23-21(25)16-29-22(26)19-7-5-17(6-8-19)15-24-9-11-28-12-10-24/h2-8,13H,9-12,14-16H2,1H3,(H,23,25)/p+1. The van der Waals surface area contributed by atoms with Gasteiger partial charge in [0.1, 0.15) is 25.4 Å². The number of esters is 1. The van der Waals surface area contributed by atoms with Crippen LogP contribution >= 0.6 is 0 Å². The van der Waals surface area contributed by atoms with Gasteiger partial charge in [0.15, 0.2) is 6.61 Å². The number of carbonyl (C=O) groups is 2. The molecule has 0 spiro atoms. The summed E-state index contributed by atoms with van der Waals surface area (Å²) in [5.41, 5.74) is 2.50. The van der Waals surface area contributed by atoms with Gasteiger partial charge in [-0.25, -0.2) is 4.79 Å². The molecule has 1 saturated heterocycles. The van der Waals surface area contributed by atoms with Crippen molar-refractivity contribution in [1.82, 2.24) is 5.32 Å². The SMILES string of the molecule is COc1cccc(CNC(=O)COC(=O)c2ccc(C[NH+]3CCOCC3)cc2)c1. The largest absolute Gasteiger partial charge is 0.497 e. The number of hydrogen-bond donors (Lipinski definition) is 2. The Labute approximate surface area is 170 Å². The fourth-order valence-electron chi connectivity index (χ4n) is 3.13. The van der Waals surface area contributed by atoms with Gasteiger partial charge in [0.25, 0.3) is 5.91 Å². The lowest BCUT2D eigenvalue weighted by Crippen LogP contribution is -3.12. The molecule has 0 unspecified atom stereocenters. The van der Waals surface area contributed by atoms with Crippen molar-refractivity contribution in [3.63, 3.8) is 0 Å². The summed E-state index contributed by atoms with van der Waals surface area (Å²) in [5.74, 6) is -0.137. The van der Waals surface area contributed by atoms with Crippen LogP contribution in [0.25, 0.3) is 0 Å². The first-order chi connectivity index (χ1) is 14.1. The van der Waals surface area contributed by atoms with Crippen LogP contribution in [0.5, 0.6) is 5.75 Å². The van der Waals surface area contributed by atoms with E-state index in [2.05, 4.69) is 5.32 Å². The summed E-state index contributed by atoms with van der Waals surface area (Å²) in [7, 11) is 1.59. The summed E-state index contributed by atoms with van der Waals surface area (Å²) in [6, 6.07) is 14.8. The van der Waals surface area contributed by atoms with E-state index in [1.54, 1.807) is 19.2 Å². The van der Waals surface area contributed by atoms with E-state index in [0.717, 1.165) is 49.7 Å². The second-order valence-corrected chi connectivity index (χ2v) is 6.94. The lowest BCUT2D eigenvalue weighted by Gasteiger charge is -2.23. The summed E-state index contributed by atoms with van der Waals surface area (Å²) in [5, 5.41) is 2.73. The Morgan fingerprint density at radius 2 is 1.83 bits per heavy atom. The highest BCUT2D eigenvalue weighted by atomic mass is 16.5. The van der Waals surface area contributed by atoms with Crippen LogP contribution in [0.2, 0.25) is 0 Å². The van der Waals surface area contributed by atoms with Gasteiger partial charge >= 0.3 is 5.97 Å². The van der Waals surface area contributed by atoms with Crippen LogP contribution in [0.4, 0.5) is 0 Å². The molecule has 1 amide bonds. The molecule has 1 aliphatic heterocycles. The van der Waals surface area contributed by atoms with Gasteiger partial charge in [-0.15, -0.1) is 0 Å². The summed E-state index contributed by atoms with van der Waals surface area (Å²) in [6.07, 6.45) is 0. The number of morpholine rings is 1. The minimum Gasteiger partial charge on any atom is -0.497 e. The van der Waals surface area contributed by atoms with Crippen molar-refractivity contribution in [3.8, 4) is 5.75 Å². The second kappa shape index (κ2) is 10.6. The van der Waals surface area contributed by atoms with Gasteiger partial charge in [0, 0.05) is 12.1 Å². The Morgan fingerprint density at radius 1 is 1.07 bits per heavy atom. The van der Waals surface area contributed by atoms with Crippen molar-refractivity contribution in [3.05, 3.63) is 65.2 Å². The lowest BCUT2D eigenvalue weighted by atomic mass is 10.1. The molecule has 0 atom stereocenters. The maximum atomic E-state index is 12.2.